The smallest absolute Gasteiger partial charge is 0.330 e. The SMILES string of the molecule is O=C(N[C@@H](C(=O)O)c1ccccc1)c1cnns1. The lowest BCUT2D eigenvalue weighted by Crippen LogP contribution is -2.33. The monoisotopic (exact) mass is 263 g/mol. The van der Waals surface area contributed by atoms with Crippen molar-refractivity contribution in [3.63, 3.8) is 0 Å². The Morgan fingerprint density at radius 1 is 1.28 bits per heavy atom. The Morgan fingerprint density at radius 2 is 2.00 bits per heavy atom. The van der Waals surface area contributed by atoms with Gasteiger partial charge in [-0.15, -0.1) is 5.10 Å². The van der Waals surface area contributed by atoms with E-state index < -0.39 is 17.9 Å². The second-order valence-corrected chi connectivity index (χ2v) is 4.22. The molecule has 92 valence electrons. The van der Waals surface area contributed by atoms with Crippen molar-refractivity contribution in [3.05, 3.63) is 47.0 Å². The van der Waals surface area contributed by atoms with Gasteiger partial charge in [-0.1, -0.05) is 34.8 Å². The third-order valence-corrected chi connectivity index (χ3v) is 2.90. The third kappa shape index (κ3) is 2.69. The summed E-state index contributed by atoms with van der Waals surface area (Å²) in [5, 5.41) is 15.1. The minimum atomic E-state index is -1.12. The molecule has 0 bridgehead atoms. The van der Waals surface area contributed by atoms with E-state index >= 15 is 0 Å². The number of carbonyl (C=O) groups excluding carboxylic acids is 1. The number of amides is 1. The molecule has 0 saturated carbocycles. The highest BCUT2D eigenvalue weighted by Crippen LogP contribution is 2.14. The zero-order chi connectivity index (χ0) is 13.0. The normalized spacial score (nSPS) is 11.8. The molecular formula is C11H9N3O3S. The number of carbonyl (C=O) groups is 2. The van der Waals surface area contributed by atoms with Crippen LogP contribution in [0.25, 0.3) is 0 Å². The van der Waals surface area contributed by atoms with E-state index in [1.165, 1.54) is 6.20 Å². The largest absolute Gasteiger partial charge is 0.479 e. The molecule has 1 heterocycles. The van der Waals surface area contributed by atoms with Gasteiger partial charge in [-0.2, -0.15) is 0 Å². The summed E-state index contributed by atoms with van der Waals surface area (Å²) in [5.41, 5.74) is 0.510. The van der Waals surface area contributed by atoms with E-state index in [1.54, 1.807) is 30.3 Å². The van der Waals surface area contributed by atoms with E-state index in [2.05, 4.69) is 14.9 Å². The van der Waals surface area contributed by atoms with Gasteiger partial charge in [0.25, 0.3) is 5.91 Å². The molecule has 1 amide bonds. The Bertz CT molecular complexity index is 542. The number of hydrogen-bond donors (Lipinski definition) is 2. The number of benzene rings is 1. The van der Waals surface area contributed by atoms with E-state index in [-0.39, 0.29) is 4.88 Å². The molecule has 0 aliphatic heterocycles. The lowest BCUT2D eigenvalue weighted by atomic mass is 10.1. The first-order valence-corrected chi connectivity index (χ1v) is 5.82. The van der Waals surface area contributed by atoms with E-state index in [0.29, 0.717) is 5.56 Å². The third-order valence-electron chi connectivity index (χ3n) is 2.24. The Morgan fingerprint density at radius 3 is 2.56 bits per heavy atom. The minimum Gasteiger partial charge on any atom is -0.479 e. The molecule has 18 heavy (non-hydrogen) atoms. The second-order valence-electron chi connectivity index (χ2n) is 3.44. The summed E-state index contributed by atoms with van der Waals surface area (Å²) in [4.78, 5) is 23.2. The zero-order valence-electron chi connectivity index (χ0n) is 9.11. The topological polar surface area (TPSA) is 92.2 Å². The predicted octanol–water partition coefficient (Wildman–Crippen LogP) is 1.09. The van der Waals surface area contributed by atoms with Gasteiger partial charge in [-0.3, -0.25) is 4.79 Å². The highest BCUT2D eigenvalue weighted by atomic mass is 32.1. The maximum absolute atomic E-state index is 11.7. The molecule has 0 radical (unpaired) electrons. The van der Waals surface area contributed by atoms with Crippen LogP contribution in [0.1, 0.15) is 21.3 Å². The molecule has 0 saturated heterocycles. The van der Waals surface area contributed by atoms with Crippen LogP contribution in [0.3, 0.4) is 0 Å². The Kier molecular flexibility index (Phi) is 3.63. The van der Waals surface area contributed by atoms with Crippen LogP contribution in [0.4, 0.5) is 0 Å². The standard InChI is InChI=1S/C11H9N3O3S/c15-10(8-6-12-14-18-8)13-9(11(16)17)7-4-2-1-3-5-7/h1-6,9H,(H,13,15)(H,16,17)/t9-/m1/s1. The first kappa shape index (κ1) is 12.2. The lowest BCUT2D eigenvalue weighted by molar-refractivity contribution is -0.139. The van der Waals surface area contributed by atoms with Crippen LogP contribution < -0.4 is 5.32 Å². The maximum Gasteiger partial charge on any atom is 0.330 e. The zero-order valence-corrected chi connectivity index (χ0v) is 9.92. The van der Waals surface area contributed by atoms with Crippen LogP contribution >= 0.6 is 11.5 Å². The first-order valence-electron chi connectivity index (χ1n) is 5.04. The molecule has 0 spiro atoms. The molecule has 1 aromatic heterocycles. The number of aliphatic carboxylic acids is 1. The number of carboxylic acid groups (broad SMARTS) is 1. The summed E-state index contributed by atoms with van der Waals surface area (Å²) in [6.45, 7) is 0. The number of nitrogens with one attached hydrogen (secondary N) is 1. The van der Waals surface area contributed by atoms with Gasteiger partial charge in [0.2, 0.25) is 0 Å². The Hall–Kier alpha value is -2.28. The van der Waals surface area contributed by atoms with Gasteiger partial charge in [0.1, 0.15) is 4.88 Å². The van der Waals surface area contributed by atoms with Gasteiger partial charge >= 0.3 is 5.97 Å². The van der Waals surface area contributed by atoms with Crippen molar-refractivity contribution in [2.45, 2.75) is 6.04 Å². The van der Waals surface area contributed by atoms with Crippen LogP contribution in [0, 0.1) is 0 Å². The highest BCUT2D eigenvalue weighted by molar-refractivity contribution is 7.07. The molecule has 7 heteroatoms. The number of rotatable bonds is 4. The highest BCUT2D eigenvalue weighted by Gasteiger charge is 2.23. The molecule has 0 unspecified atom stereocenters. The molecular weight excluding hydrogens is 254 g/mol. The van der Waals surface area contributed by atoms with Crippen molar-refractivity contribution in [2.24, 2.45) is 0 Å². The van der Waals surface area contributed by atoms with Gasteiger partial charge in [0.05, 0.1) is 6.20 Å². The molecule has 1 atom stereocenters. The summed E-state index contributed by atoms with van der Waals surface area (Å²) in [7, 11) is 0. The molecule has 0 aliphatic carbocycles. The van der Waals surface area contributed by atoms with Crippen LogP contribution in [0.2, 0.25) is 0 Å². The molecule has 1 aromatic carbocycles. The summed E-state index contributed by atoms with van der Waals surface area (Å²) in [6, 6.07) is 7.41. The fraction of sp³-hybridized carbons (Fsp3) is 0.0909. The summed E-state index contributed by atoms with van der Waals surface area (Å²) in [6.07, 6.45) is 1.30. The average Bonchev–Trinajstić information content (AvgIpc) is 2.90. The molecule has 6 nitrogen and oxygen atoms in total. The van der Waals surface area contributed by atoms with Gasteiger partial charge in [0, 0.05) is 0 Å². The van der Waals surface area contributed by atoms with Crippen LogP contribution in [-0.4, -0.2) is 26.6 Å². The fourth-order valence-electron chi connectivity index (χ4n) is 1.40. The maximum atomic E-state index is 11.7. The van der Waals surface area contributed by atoms with Crippen molar-refractivity contribution in [1.82, 2.24) is 14.9 Å². The second kappa shape index (κ2) is 5.37. The van der Waals surface area contributed by atoms with E-state index in [0.717, 1.165) is 11.5 Å². The summed E-state index contributed by atoms with van der Waals surface area (Å²) in [5.74, 6) is -1.62. The van der Waals surface area contributed by atoms with Crippen molar-refractivity contribution in [2.75, 3.05) is 0 Å². The van der Waals surface area contributed by atoms with Gasteiger partial charge in [0.15, 0.2) is 6.04 Å². The number of aromatic nitrogens is 2. The number of nitrogens with zero attached hydrogens (tertiary/aromatic N) is 2. The number of hydrogen-bond acceptors (Lipinski definition) is 5. The fourth-order valence-corrected chi connectivity index (χ4v) is 1.82. The Labute approximate surface area is 106 Å². The van der Waals surface area contributed by atoms with Gasteiger partial charge in [-0.25, -0.2) is 4.79 Å². The van der Waals surface area contributed by atoms with Gasteiger partial charge in [-0.05, 0) is 17.1 Å². The lowest BCUT2D eigenvalue weighted by Gasteiger charge is -2.13. The first-order chi connectivity index (χ1) is 8.68. The van der Waals surface area contributed by atoms with E-state index in [4.69, 9.17) is 5.11 Å². The molecule has 2 N–H and O–H groups in total. The molecule has 2 aromatic rings. The molecule has 0 aliphatic rings. The van der Waals surface area contributed by atoms with Crippen LogP contribution in [-0.2, 0) is 4.79 Å². The number of carboxylic acids is 1. The quantitative estimate of drug-likeness (QED) is 0.861. The van der Waals surface area contributed by atoms with E-state index in [1.807, 2.05) is 0 Å². The van der Waals surface area contributed by atoms with Crippen molar-refractivity contribution < 1.29 is 14.7 Å². The van der Waals surface area contributed by atoms with Crippen LogP contribution in [0.5, 0.6) is 0 Å². The van der Waals surface area contributed by atoms with Crippen molar-refractivity contribution in [3.8, 4) is 0 Å². The van der Waals surface area contributed by atoms with Gasteiger partial charge < -0.3 is 10.4 Å². The molecule has 2 rings (SSSR count). The average molecular weight is 263 g/mol. The predicted molar refractivity (Wildman–Crippen MR) is 64.2 cm³/mol. The van der Waals surface area contributed by atoms with Crippen molar-refractivity contribution in [1.29, 1.82) is 0 Å². The Balaban J connectivity index is 2.18. The van der Waals surface area contributed by atoms with E-state index in [9.17, 15) is 9.59 Å². The van der Waals surface area contributed by atoms with Crippen molar-refractivity contribution >= 4 is 23.4 Å². The summed E-state index contributed by atoms with van der Waals surface area (Å²) < 4.78 is 3.55. The molecule has 0 fully saturated rings. The van der Waals surface area contributed by atoms with Crippen LogP contribution in [0.15, 0.2) is 36.5 Å². The minimum absolute atomic E-state index is 0.275. The summed E-state index contributed by atoms with van der Waals surface area (Å²) >= 11 is 0.914.